The van der Waals surface area contributed by atoms with Crippen LogP contribution in [0, 0.1) is 5.41 Å². The number of carbonyl (C=O) groups is 1. The summed E-state index contributed by atoms with van der Waals surface area (Å²) in [6.07, 6.45) is 7.28. The summed E-state index contributed by atoms with van der Waals surface area (Å²) in [4.78, 5) is 11.5. The highest BCUT2D eigenvalue weighted by atomic mass is 16.1. The van der Waals surface area contributed by atoms with Crippen LogP contribution in [0.2, 0.25) is 0 Å². The summed E-state index contributed by atoms with van der Waals surface area (Å²) in [5, 5.41) is 16.4. The molecule has 20 heavy (non-hydrogen) atoms. The molecule has 0 atom stereocenters. The predicted molar refractivity (Wildman–Crippen MR) is 83.1 cm³/mol. The van der Waals surface area contributed by atoms with Crippen molar-refractivity contribution in [1.29, 1.82) is 5.41 Å². The number of hydrogen-bond donors (Lipinski definition) is 4. The van der Waals surface area contributed by atoms with Gasteiger partial charge in [0.25, 0.3) is 0 Å². The maximum absolute atomic E-state index is 11.5. The van der Waals surface area contributed by atoms with E-state index in [0.29, 0.717) is 13.0 Å². The van der Waals surface area contributed by atoms with E-state index in [4.69, 9.17) is 5.41 Å². The number of allylic oxidation sites excluding steroid dienone is 2. The van der Waals surface area contributed by atoms with E-state index in [9.17, 15) is 4.79 Å². The maximum Gasteiger partial charge on any atom is 0.226 e. The highest BCUT2D eigenvalue weighted by Crippen LogP contribution is 2.29. The van der Waals surface area contributed by atoms with Crippen LogP contribution >= 0.6 is 0 Å². The van der Waals surface area contributed by atoms with E-state index in [1.165, 1.54) is 6.21 Å². The topological polar surface area (TPSA) is 77.0 Å². The molecule has 0 fully saturated rings. The van der Waals surface area contributed by atoms with Crippen molar-refractivity contribution < 1.29 is 4.79 Å². The molecule has 0 unspecified atom stereocenters. The zero-order chi connectivity index (χ0) is 14.4. The average molecular weight is 270 g/mol. The number of carbonyl (C=O) groups excluding carboxylic acids is 1. The molecule has 104 valence electrons. The SMILES string of the molecule is CN/C=C(C=N)/C=C/c1cccc2c1NCCC(=O)N2. The minimum atomic E-state index is 0.0210. The third kappa shape index (κ3) is 3.26. The quantitative estimate of drug-likeness (QED) is 0.500. The van der Waals surface area contributed by atoms with Crippen LogP contribution in [-0.2, 0) is 4.79 Å². The van der Waals surface area contributed by atoms with Gasteiger partial charge in [0.2, 0.25) is 5.91 Å². The van der Waals surface area contributed by atoms with Gasteiger partial charge in [0.1, 0.15) is 0 Å². The van der Waals surface area contributed by atoms with Crippen LogP contribution in [0.15, 0.2) is 36.0 Å². The Hall–Kier alpha value is -2.56. The molecular weight excluding hydrogens is 252 g/mol. The fourth-order valence-corrected chi connectivity index (χ4v) is 2.01. The molecule has 0 aromatic heterocycles. The summed E-state index contributed by atoms with van der Waals surface area (Å²) in [6.45, 7) is 0.619. The molecule has 0 spiro atoms. The Morgan fingerprint density at radius 3 is 3.05 bits per heavy atom. The summed E-state index contributed by atoms with van der Waals surface area (Å²) < 4.78 is 0. The predicted octanol–water partition coefficient (Wildman–Crippen LogP) is 2.21. The maximum atomic E-state index is 11.5. The highest BCUT2D eigenvalue weighted by Gasteiger charge is 2.13. The first-order valence-corrected chi connectivity index (χ1v) is 6.47. The van der Waals surface area contributed by atoms with Crippen LogP contribution in [0.4, 0.5) is 11.4 Å². The number of rotatable bonds is 4. The number of para-hydroxylation sites is 1. The fraction of sp³-hybridized carbons (Fsp3) is 0.200. The van der Waals surface area contributed by atoms with Crippen molar-refractivity contribution in [2.45, 2.75) is 6.42 Å². The van der Waals surface area contributed by atoms with Crippen LogP contribution in [0.3, 0.4) is 0 Å². The highest BCUT2D eigenvalue weighted by molar-refractivity contribution is 5.98. The Kier molecular flexibility index (Phi) is 4.55. The second-order valence-corrected chi connectivity index (χ2v) is 4.41. The van der Waals surface area contributed by atoms with Gasteiger partial charge in [-0.3, -0.25) is 4.79 Å². The molecule has 1 heterocycles. The molecular formula is C15H18N4O. The van der Waals surface area contributed by atoms with Gasteiger partial charge in [-0.2, -0.15) is 0 Å². The zero-order valence-corrected chi connectivity index (χ0v) is 11.4. The molecule has 5 nitrogen and oxygen atoms in total. The second-order valence-electron chi connectivity index (χ2n) is 4.41. The number of anilines is 2. The van der Waals surface area contributed by atoms with Gasteiger partial charge in [-0.1, -0.05) is 24.3 Å². The Morgan fingerprint density at radius 1 is 1.45 bits per heavy atom. The summed E-state index contributed by atoms with van der Waals surface area (Å²) in [7, 11) is 1.79. The van der Waals surface area contributed by atoms with Crippen LogP contribution in [0.25, 0.3) is 6.08 Å². The average Bonchev–Trinajstić information content (AvgIpc) is 2.64. The van der Waals surface area contributed by atoms with Crippen molar-refractivity contribution in [1.82, 2.24) is 5.32 Å². The number of hydrogen-bond acceptors (Lipinski definition) is 4. The molecule has 4 N–H and O–H groups in total. The van der Waals surface area contributed by atoms with Gasteiger partial charge < -0.3 is 21.4 Å². The Labute approximate surface area is 118 Å². The Balaban J connectivity index is 2.32. The molecule has 1 aromatic rings. The minimum absolute atomic E-state index is 0.0210. The molecule has 1 aromatic carbocycles. The smallest absolute Gasteiger partial charge is 0.226 e. The van der Waals surface area contributed by atoms with Gasteiger partial charge in [-0.05, 0) is 11.6 Å². The third-order valence-corrected chi connectivity index (χ3v) is 2.96. The normalized spacial score (nSPS) is 15.1. The molecule has 1 amide bonds. The number of nitrogens with one attached hydrogen (secondary N) is 4. The molecule has 2 rings (SSSR count). The van der Waals surface area contributed by atoms with E-state index in [2.05, 4.69) is 16.0 Å². The van der Waals surface area contributed by atoms with Crippen molar-refractivity contribution in [3.63, 3.8) is 0 Å². The van der Waals surface area contributed by atoms with E-state index in [-0.39, 0.29) is 5.91 Å². The van der Waals surface area contributed by atoms with Crippen LogP contribution in [0.1, 0.15) is 12.0 Å². The first-order chi connectivity index (χ1) is 9.74. The van der Waals surface area contributed by atoms with Crippen molar-refractivity contribution in [3.8, 4) is 0 Å². The molecule has 0 bridgehead atoms. The number of benzene rings is 1. The summed E-state index contributed by atoms with van der Waals surface area (Å²) in [6, 6.07) is 5.75. The Morgan fingerprint density at radius 2 is 2.30 bits per heavy atom. The van der Waals surface area contributed by atoms with E-state index in [1.54, 1.807) is 13.2 Å². The molecule has 0 aliphatic carbocycles. The molecule has 0 saturated carbocycles. The van der Waals surface area contributed by atoms with Crippen molar-refractivity contribution in [2.75, 3.05) is 24.2 Å². The van der Waals surface area contributed by atoms with Crippen molar-refractivity contribution >= 4 is 29.6 Å². The van der Waals surface area contributed by atoms with Gasteiger partial charge in [0.15, 0.2) is 0 Å². The lowest BCUT2D eigenvalue weighted by molar-refractivity contribution is -0.115. The van der Waals surface area contributed by atoms with Crippen LogP contribution < -0.4 is 16.0 Å². The van der Waals surface area contributed by atoms with Crippen molar-refractivity contribution in [3.05, 3.63) is 41.6 Å². The summed E-state index contributed by atoms with van der Waals surface area (Å²) >= 11 is 0. The third-order valence-electron chi connectivity index (χ3n) is 2.96. The largest absolute Gasteiger partial charge is 0.393 e. The van der Waals surface area contributed by atoms with Gasteiger partial charge in [0, 0.05) is 38.0 Å². The lowest BCUT2D eigenvalue weighted by Crippen LogP contribution is -2.10. The monoisotopic (exact) mass is 270 g/mol. The lowest BCUT2D eigenvalue weighted by Gasteiger charge is -2.10. The standard InChI is InChI=1S/C15H18N4O/c1-17-10-11(9-16)5-6-12-3-2-4-13-15(12)18-8-7-14(20)19-13/h2-6,9-10,16-18H,7-8H2,1H3,(H,19,20)/b6-5+,11-10-,16-9?. The van der Waals surface area contributed by atoms with E-state index < -0.39 is 0 Å². The molecule has 1 aliphatic heterocycles. The van der Waals surface area contributed by atoms with Crippen LogP contribution in [-0.4, -0.2) is 25.7 Å². The van der Waals surface area contributed by atoms with Gasteiger partial charge in [0.05, 0.1) is 11.4 Å². The number of fused-ring (bicyclic) bond motifs is 1. The zero-order valence-electron chi connectivity index (χ0n) is 11.4. The molecule has 1 aliphatic rings. The van der Waals surface area contributed by atoms with Crippen molar-refractivity contribution in [2.24, 2.45) is 0 Å². The minimum Gasteiger partial charge on any atom is -0.393 e. The fourth-order valence-electron chi connectivity index (χ4n) is 2.01. The summed E-state index contributed by atoms with van der Waals surface area (Å²) in [5.41, 5.74) is 3.46. The lowest BCUT2D eigenvalue weighted by atomic mass is 10.1. The van der Waals surface area contributed by atoms with Gasteiger partial charge in [-0.25, -0.2) is 0 Å². The van der Waals surface area contributed by atoms with Gasteiger partial charge in [-0.15, -0.1) is 0 Å². The first kappa shape index (κ1) is 13.9. The number of amides is 1. The van der Waals surface area contributed by atoms with Crippen LogP contribution in [0.5, 0.6) is 0 Å². The summed E-state index contributed by atoms with van der Waals surface area (Å²) in [5.74, 6) is 0.0210. The van der Waals surface area contributed by atoms with E-state index in [0.717, 1.165) is 22.5 Å². The second kappa shape index (κ2) is 6.56. The first-order valence-electron chi connectivity index (χ1n) is 6.47. The Bertz CT molecular complexity index is 575. The molecule has 5 heteroatoms. The van der Waals surface area contributed by atoms with E-state index in [1.807, 2.05) is 30.4 Å². The molecule has 0 saturated heterocycles. The van der Waals surface area contributed by atoms with Gasteiger partial charge >= 0.3 is 0 Å². The molecule has 0 radical (unpaired) electrons. The van der Waals surface area contributed by atoms with E-state index >= 15 is 0 Å².